The molecule has 3 aromatic carbocycles. The van der Waals surface area contributed by atoms with Gasteiger partial charge in [-0.1, -0.05) is 40.2 Å². The Morgan fingerprint density at radius 2 is 1.76 bits per heavy atom. The van der Waals surface area contributed by atoms with Crippen LogP contribution in [0.4, 0.5) is 5.69 Å². The van der Waals surface area contributed by atoms with E-state index in [2.05, 4.69) is 31.8 Å². The van der Waals surface area contributed by atoms with Gasteiger partial charge in [-0.05, 0) is 66.3 Å². The van der Waals surface area contributed by atoms with E-state index in [0.29, 0.717) is 11.7 Å². The van der Waals surface area contributed by atoms with Gasteiger partial charge in [-0.25, -0.2) is 0 Å². The molecule has 2 N–H and O–H groups in total. The fraction of sp³-hybridized carbons (Fsp3) is 0.0909. The zero-order valence-corrected chi connectivity index (χ0v) is 18.2. The molecule has 3 aromatic rings. The van der Waals surface area contributed by atoms with Crippen LogP contribution in [-0.4, -0.2) is 18.4 Å². The number of benzene rings is 3. The molecule has 29 heavy (non-hydrogen) atoms. The Kier molecular flexibility index (Phi) is 7.61. The molecular formula is C22H20BrN3O2S. The molecule has 7 heteroatoms. The Morgan fingerprint density at radius 1 is 1.03 bits per heavy atom. The summed E-state index contributed by atoms with van der Waals surface area (Å²) in [7, 11) is 1.63. The molecule has 0 fully saturated rings. The summed E-state index contributed by atoms with van der Waals surface area (Å²) in [5, 5.41) is 7.66. The Bertz CT molecular complexity index is 976. The first-order valence-electron chi connectivity index (χ1n) is 8.84. The lowest BCUT2D eigenvalue weighted by molar-refractivity contribution is 0.306. The maximum atomic E-state index is 5.94. The van der Waals surface area contributed by atoms with Crippen LogP contribution < -0.4 is 20.2 Å². The molecular weight excluding hydrogens is 450 g/mol. The summed E-state index contributed by atoms with van der Waals surface area (Å²) in [6.45, 7) is 0.475. The topological polar surface area (TPSA) is 54.9 Å². The van der Waals surface area contributed by atoms with E-state index < -0.39 is 0 Å². The highest BCUT2D eigenvalue weighted by atomic mass is 79.9. The second-order valence-electron chi connectivity index (χ2n) is 6.01. The molecule has 0 aliphatic carbocycles. The quantitative estimate of drug-likeness (QED) is 0.277. The number of methoxy groups -OCH3 is 1. The molecule has 0 aliphatic heterocycles. The van der Waals surface area contributed by atoms with Gasteiger partial charge in [0.15, 0.2) is 5.11 Å². The third kappa shape index (κ3) is 6.58. The van der Waals surface area contributed by atoms with Crippen LogP contribution in [0, 0.1) is 0 Å². The number of nitrogens with one attached hydrogen (secondary N) is 2. The molecule has 0 bridgehead atoms. The summed E-state index contributed by atoms with van der Waals surface area (Å²) in [5.41, 5.74) is 5.59. The van der Waals surface area contributed by atoms with Crippen molar-refractivity contribution in [2.24, 2.45) is 5.10 Å². The first-order chi connectivity index (χ1) is 14.1. The van der Waals surface area contributed by atoms with Crippen molar-refractivity contribution in [2.75, 3.05) is 12.4 Å². The summed E-state index contributed by atoms with van der Waals surface area (Å²) < 4.78 is 12.1. The molecule has 0 amide bonds. The maximum Gasteiger partial charge on any atom is 0.191 e. The number of hydrogen-bond acceptors (Lipinski definition) is 4. The number of rotatable bonds is 7. The minimum atomic E-state index is 0.389. The highest BCUT2D eigenvalue weighted by Gasteiger charge is 2.02. The number of halogens is 1. The molecule has 0 aliphatic rings. The maximum absolute atomic E-state index is 5.94. The van der Waals surface area contributed by atoms with Gasteiger partial charge in [-0.3, -0.25) is 5.43 Å². The van der Waals surface area contributed by atoms with Crippen LogP contribution in [0.3, 0.4) is 0 Å². The van der Waals surface area contributed by atoms with Crippen molar-refractivity contribution in [3.63, 3.8) is 0 Å². The molecule has 0 spiro atoms. The van der Waals surface area contributed by atoms with Crippen molar-refractivity contribution in [3.8, 4) is 11.5 Å². The normalized spacial score (nSPS) is 10.6. The summed E-state index contributed by atoms with van der Waals surface area (Å²) in [6, 6.07) is 23.2. The average molecular weight is 470 g/mol. The third-order valence-corrected chi connectivity index (χ3v) is 4.67. The summed E-state index contributed by atoms with van der Waals surface area (Å²) in [5.74, 6) is 1.53. The van der Waals surface area contributed by atoms with Crippen LogP contribution >= 0.6 is 28.1 Å². The lowest BCUT2D eigenvalue weighted by Gasteiger charge is -2.10. The standard InChI is InChI=1S/C22H20BrN3O2S/c1-27-20-12-10-19(11-13-20)25-22(29)26-24-14-17-4-2-3-5-21(17)28-15-16-6-8-18(23)9-7-16/h2-14H,15H2,1H3,(H2,25,26,29)/b24-14+. The lowest BCUT2D eigenvalue weighted by atomic mass is 10.2. The second-order valence-corrected chi connectivity index (χ2v) is 7.33. The number of hydrazone groups is 1. The second kappa shape index (κ2) is 10.6. The van der Waals surface area contributed by atoms with Crippen molar-refractivity contribution in [1.29, 1.82) is 0 Å². The Hall–Kier alpha value is -2.90. The highest BCUT2D eigenvalue weighted by Crippen LogP contribution is 2.19. The van der Waals surface area contributed by atoms with Crippen LogP contribution in [0.15, 0.2) is 82.4 Å². The zero-order chi connectivity index (χ0) is 20.5. The van der Waals surface area contributed by atoms with E-state index in [1.54, 1.807) is 13.3 Å². The summed E-state index contributed by atoms with van der Waals surface area (Å²) in [6.07, 6.45) is 1.68. The van der Waals surface area contributed by atoms with Gasteiger partial charge in [0.2, 0.25) is 0 Å². The molecule has 0 saturated heterocycles. The molecule has 0 radical (unpaired) electrons. The Balaban J connectivity index is 1.55. The molecule has 3 rings (SSSR count). The van der Waals surface area contributed by atoms with Crippen LogP contribution in [0.1, 0.15) is 11.1 Å². The first-order valence-corrected chi connectivity index (χ1v) is 10.0. The van der Waals surface area contributed by atoms with Gasteiger partial charge in [-0.2, -0.15) is 5.10 Å². The first kappa shape index (κ1) is 20.8. The molecule has 0 atom stereocenters. The fourth-order valence-corrected chi connectivity index (χ4v) is 2.89. The molecule has 5 nitrogen and oxygen atoms in total. The van der Waals surface area contributed by atoms with Gasteiger partial charge in [0, 0.05) is 15.7 Å². The van der Waals surface area contributed by atoms with Gasteiger partial charge in [0.1, 0.15) is 18.1 Å². The number of anilines is 1. The van der Waals surface area contributed by atoms with Crippen LogP contribution in [0.25, 0.3) is 0 Å². The zero-order valence-electron chi connectivity index (χ0n) is 15.8. The number of ether oxygens (including phenoxy) is 2. The van der Waals surface area contributed by atoms with E-state index in [0.717, 1.165) is 32.8 Å². The molecule has 148 valence electrons. The van der Waals surface area contributed by atoms with Gasteiger partial charge in [0.25, 0.3) is 0 Å². The van der Waals surface area contributed by atoms with E-state index in [4.69, 9.17) is 21.7 Å². The van der Waals surface area contributed by atoms with E-state index in [9.17, 15) is 0 Å². The van der Waals surface area contributed by atoms with Gasteiger partial charge < -0.3 is 14.8 Å². The number of para-hydroxylation sites is 1. The minimum absolute atomic E-state index is 0.389. The fourth-order valence-electron chi connectivity index (χ4n) is 2.45. The van der Waals surface area contributed by atoms with Gasteiger partial charge in [-0.15, -0.1) is 0 Å². The summed E-state index contributed by atoms with van der Waals surface area (Å²) in [4.78, 5) is 0. The number of thiocarbonyl (C=S) groups is 1. The number of nitrogens with zero attached hydrogens (tertiary/aromatic N) is 1. The van der Waals surface area contributed by atoms with E-state index in [1.807, 2.05) is 72.8 Å². The molecule has 0 aromatic heterocycles. The van der Waals surface area contributed by atoms with Crippen molar-refractivity contribution < 1.29 is 9.47 Å². The molecule has 0 unspecified atom stereocenters. The predicted octanol–water partition coefficient (Wildman–Crippen LogP) is 5.36. The largest absolute Gasteiger partial charge is 0.497 e. The average Bonchev–Trinajstić information content (AvgIpc) is 2.75. The van der Waals surface area contributed by atoms with Crippen molar-refractivity contribution >= 4 is 45.2 Å². The molecule has 0 heterocycles. The van der Waals surface area contributed by atoms with Crippen molar-refractivity contribution in [3.05, 3.63) is 88.4 Å². The predicted molar refractivity (Wildman–Crippen MR) is 125 cm³/mol. The van der Waals surface area contributed by atoms with Gasteiger partial charge in [0.05, 0.1) is 13.3 Å². The minimum Gasteiger partial charge on any atom is -0.497 e. The van der Waals surface area contributed by atoms with Crippen LogP contribution in [0.2, 0.25) is 0 Å². The monoisotopic (exact) mass is 469 g/mol. The van der Waals surface area contributed by atoms with Crippen molar-refractivity contribution in [1.82, 2.24) is 5.43 Å². The van der Waals surface area contributed by atoms with Gasteiger partial charge >= 0.3 is 0 Å². The van der Waals surface area contributed by atoms with Crippen molar-refractivity contribution in [2.45, 2.75) is 6.61 Å². The summed E-state index contributed by atoms with van der Waals surface area (Å²) >= 11 is 8.70. The molecule has 0 saturated carbocycles. The Labute approximate surface area is 183 Å². The van der Waals surface area contributed by atoms with Crippen LogP contribution in [0.5, 0.6) is 11.5 Å². The van der Waals surface area contributed by atoms with E-state index in [-0.39, 0.29) is 0 Å². The Morgan fingerprint density at radius 3 is 2.48 bits per heavy atom. The third-order valence-electron chi connectivity index (χ3n) is 3.94. The highest BCUT2D eigenvalue weighted by molar-refractivity contribution is 9.10. The SMILES string of the molecule is COc1ccc(NC(=S)N/N=C/c2ccccc2OCc2ccc(Br)cc2)cc1. The smallest absolute Gasteiger partial charge is 0.191 e. The van der Waals surface area contributed by atoms with E-state index in [1.165, 1.54) is 0 Å². The van der Waals surface area contributed by atoms with Crippen LogP contribution in [-0.2, 0) is 6.61 Å². The lowest BCUT2D eigenvalue weighted by Crippen LogP contribution is -2.23. The van der Waals surface area contributed by atoms with E-state index >= 15 is 0 Å². The number of hydrogen-bond donors (Lipinski definition) is 2.